The molecule has 1 aromatic carbocycles. The first-order valence-corrected chi connectivity index (χ1v) is 7.14. The van der Waals surface area contributed by atoms with Crippen molar-refractivity contribution in [3.8, 4) is 5.75 Å². The lowest BCUT2D eigenvalue weighted by atomic mass is 10.1. The molecule has 0 aliphatic heterocycles. The van der Waals surface area contributed by atoms with Crippen LogP contribution >= 0.6 is 11.6 Å². The average Bonchev–Trinajstić information content (AvgIpc) is 2.43. The number of ether oxygens (including phenoxy) is 1. The molecule has 0 spiro atoms. The lowest BCUT2D eigenvalue weighted by molar-refractivity contribution is -0.120. The van der Waals surface area contributed by atoms with Gasteiger partial charge in [0.25, 0.3) is 0 Å². The third kappa shape index (κ3) is 5.80. The van der Waals surface area contributed by atoms with Gasteiger partial charge >= 0.3 is 0 Å². The molecule has 1 aromatic rings. The van der Waals surface area contributed by atoms with Gasteiger partial charge in [0, 0.05) is 23.7 Å². The van der Waals surface area contributed by atoms with Crippen LogP contribution in [-0.2, 0) is 11.2 Å². The zero-order valence-electron chi connectivity index (χ0n) is 12.0. The summed E-state index contributed by atoms with van der Waals surface area (Å²) < 4.78 is 5.21. The third-order valence-electron chi connectivity index (χ3n) is 3.10. The number of nitrogens with one attached hydrogen (secondary N) is 1. The summed E-state index contributed by atoms with van der Waals surface area (Å²) in [6.45, 7) is 2.79. The van der Waals surface area contributed by atoms with Crippen molar-refractivity contribution < 1.29 is 14.6 Å². The van der Waals surface area contributed by atoms with Gasteiger partial charge in [-0.1, -0.05) is 18.5 Å². The molecule has 0 aliphatic rings. The number of aliphatic hydroxyl groups is 1. The van der Waals surface area contributed by atoms with Gasteiger partial charge in [-0.15, -0.1) is 0 Å². The van der Waals surface area contributed by atoms with Crippen molar-refractivity contribution in [2.24, 2.45) is 5.92 Å². The van der Waals surface area contributed by atoms with Gasteiger partial charge in [-0.05, 0) is 37.0 Å². The first-order valence-electron chi connectivity index (χ1n) is 6.76. The van der Waals surface area contributed by atoms with Gasteiger partial charge in [0.2, 0.25) is 5.91 Å². The highest BCUT2D eigenvalue weighted by Gasteiger charge is 2.09. The fourth-order valence-corrected chi connectivity index (χ4v) is 2.09. The molecule has 1 unspecified atom stereocenters. The smallest absolute Gasteiger partial charge is 0.224 e. The van der Waals surface area contributed by atoms with Crippen molar-refractivity contribution in [1.29, 1.82) is 0 Å². The van der Waals surface area contributed by atoms with E-state index in [0.29, 0.717) is 17.3 Å². The van der Waals surface area contributed by atoms with Crippen LogP contribution in [0.5, 0.6) is 5.75 Å². The number of hydrogen-bond donors (Lipinski definition) is 2. The molecule has 0 aliphatic carbocycles. The van der Waals surface area contributed by atoms with Crippen LogP contribution in [-0.4, -0.2) is 31.3 Å². The third-order valence-corrected chi connectivity index (χ3v) is 3.34. The van der Waals surface area contributed by atoms with E-state index in [-0.39, 0.29) is 24.9 Å². The summed E-state index contributed by atoms with van der Waals surface area (Å²) in [6.07, 6.45) is 2.01. The summed E-state index contributed by atoms with van der Waals surface area (Å²) in [5.41, 5.74) is 0.779. The molecule has 0 fully saturated rings. The minimum Gasteiger partial charge on any atom is -0.496 e. The summed E-state index contributed by atoms with van der Waals surface area (Å²) in [5.74, 6) is 0.889. The van der Waals surface area contributed by atoms with Crippen LogP contribution in [0.4, 0.5) is 0 Å². The minimum atomic E-state index is -0.0535. The zero-order chi connectivity index (χ0) is 15.0. The molecule has 4 nitrogen and oxygen atoms in total. The SMILES string of the molecule is COc1ccc(Cl)cc1CC(=O)NCCCC(C)CO. The monoisotopic (exact) mass is 299 g/mol. The van der Waals surface area contributed by atoms with Gasteiger partial charge in [-0.2, -0.15) is 0 Å². The first-order chi connectivity index (χ1) is 9.56. The molecular weight excluding hydrogens is 278 g/mol. The number of carbonyl (C=O) groups excluding carboxylic acids is 1. The average molecular weight is 300 g/mol. The molecule has 0 saturated heterocycles. The van der Waals surface area contributed by atoms with Crippen LogP contribution in [0.3, 0.4) is 0 Å². The van der Waals surface area contributed by atoms with Crippen molar-refractivity contribution in [2.45, 2.75) is 26.2 Å². The van der Waals surface area contributed by atoms with Crippen LogP contribution in [0.15, 0.2) is 18.2 Å². The molecule has 0 saturated carbocycles. The molecule has 1 amide bonds. The Balaban J connectivity index is 2.40. The second kappa shape index (κ2) is 8.82. The van der Waals surface area contributed by atoms with Gasteiger partial charge < -0.3 is 15.2 Å². The second-order valence-corrected chi connectivity index (χ2v) is 5.35. The molecule has 1 rings (SSSR count). The number of halogens is 1. The maximum Gasteiger partial charge on any atom is 0.224 e. The summed E-state index contributed by atoms with van der Waals surface area (Å²) in [5, 5.41) is 12.4. The van der Waals surface area contributed by atoms with E-state index >= 15 is 0 Å². The van der Waals surface area contributed by atoms with E-state index in [1.807, 2.05) is 6.92 Å². The fraction of sp³-hybridized carbons (Fsp3) is 0.533. The highest BCUT2D eigenvalue weighted by Crippen LogP contribution is 2.22. The van der Waals surface area contributed by atoms with Crippen LogP contribution in [0.2, 0.25) is 5.02 Å². The van der Waals surface area contributed by atoms with Crippen molar-refractivity contribution in [1.82, 2.24) is 5.32 Å². The van der Waals surface area contributed by atoms with E-state index in [2.05, 4.69) is 5.32 Å². The molecule has 112 valence electrons. The zero-order valence-corrected chi connectivity index (χ0v) is 12.7. The van der Waals surface area contributed by atoms with E-state index in [9.17, 15) is 4.79 Å². The summed E-state index contributed by atoms with van der Waals surface area (Å²) in [4.78, 5) is 11.8. The standard InChI is InChI=1S/C15H22ClNO3/c1-11(10-18)4-3-7-17-15(19)9-12-8-13(16)5-6-14(12)20-2/h5-6,8,11,18H,3-4,7,9-10H2,1-2H3,(H,17,19). The molecule has 20 heavy (non-hydrogen) atoms. The number of benzene rings is 1. The van der Waals surface area contributed by atoms with Crippen molar-refractivity contribution in [3.05, 3.63) is 28.8 Å². The topological polar surface area (TPSA) is 58.6 Å². The highest BCUT2D eigenvalue weighted by atomic mass is 35.5. The molecule has 5 heteroatoms. The van der Waals surface area contributed by atoms with Crippen LogP contribution in [0, 0.1) is 5.92 Å². The number of aliphatic hydroxyl groups excluding tert-OH is 1. The first kappa shape index (κ1) is 16.8. The van der Waals surface area contributed by atoms with Gasteiger partial charge in [-0.3, -0.25) is 4.79 Å². The Morgan fingerprint density at radius 1 is 1.50 bits per heavy atom. The van der Waals surface area contributed by atoms with Crippen LogP contribution < -0.4 is 10.1 Å². The Hall–Kier alpha value is -1.26. The number of amides is 1. The Morgan fingerprint density at radius 2 is 2.25 bits per heavy atom. The quantitative estimate of drug-likeness (QED) is 0.725. The Morgan fingerprint density at radius 3 is 2.90 bits per heavy atom. The predicted octanol–water partition coefficient (Wildman–Crippen LogP) is 2.42. The molecular formula is C15H22ClNO3. The molecule has 0 bridgehead atoms. The predicted molar refractivity (Wildman–Crippen MR) is 80.2 cm³/mol. The van der Waals surface area contributed by atoms with E-state index in [4.69, 9.17) is 21.4 Å². The van der Waals surface area contributed by atoms with E-state index in [1.165, 1.54) is 0 Å². The lowest BCUT2D eigenvalue weighted by Crippen LogP contribution is -2.26. The second-order valence-electron chi connectivity index (χ2n) is 4.91. The lowest BCUT2D eigenvalue weighted by Gasteiger charge is -2.10. The summed E-state index contributed by atoms with van der Waals surface area (Å²) in [6, 6.07) is 5.24. The molecule has 0 radical (unpaired) electrons. The Kier molecular flexibility index (Phi) is 7.41. The maximum absolute atomic E-state index is 11.8. The van der Waals surface area contributed by atoms with Gasteiger partial charge in [0.1, 0.15) is 5.75 Å². The Bertz CT molecular complexity index is 437. The van der Waals surface area contributed by atoms with Gasteiger partial charge in [0.05, 0.1) is 13.5 Å². The van der Waals surface area contributed by atoms with Gasteiger partial charge in [0.15, 0.2) is 0 Å². The Labute approximate surface area is 125 Å². The number of methoxy groups -OCH3 is 1. The molecule has 1 atom stereocenters. The number of rotatable bonds is 8. The molecule has 0 heterocycles. The van der Waals surface area contributed by atoms with E-state index in [1.54, 1.807) is 25.3 Å². The van der Waals surface area contributed by atoms with Crippen molar-refractivity contribution in [2.75, 3.05) is 20.3 Å². The highest BCUT2D eigenvalue weighted by molar-refractivity contribution is 6.30. The normalized spacial score (nSPS) is 12.0. The molecule has 2 N–H and O–H groups in total. The molecule has 0 aromatic heterocycles. The van der Waals surface area contributed by atoms with Crippen molar-refractivity contribution in [3.63, 3.8) is 0 Å². The van der Waals surface area contributed by atoms with Crippen LogP contribution in [0.1, 0.15) is 25.3 Å². The number of hydrogen-bond acceptors (Lipinski definition) is 3. The summed E-state index contributed by atoms with van der Waals surface area (Å²) in [7, 11) is 1.57. The van der Waals surface area contributed by atoms with Crippen molar-refractivity contribution >= 4 is 17.5 Å². The maximum atomic E-state index is 11.8. The van der Waals surface area contributed by atoms with Gasteiger partial charge in [-0.25, -0.2) is 0 Å². The van der Waals surface area contributed by atoms with Crippen LogP contribution in [0.25, 0.3) is 0 Å². The summed E-state index contributed by atoms with van der Waals surface area (Å²) >= 11 is 5.92. The van der Waals surface area contributed by atoms with E-state index < -0.39 is 0 Å². The fourth-order valence-electron chi connectivity index (χ4n) is 1.89. The largest absolute Gasteiger partial charge is 0.496 e. The van der Waals surface area contributed by atoms with E-state index in [0.717, 1.165) is 18.4 Å². The number of carbonyl (C=O) groups is 1. The minimum absolute atomic E-state index is 0.0535.